The van der Waals surface area contributed by atoms with Gasteiger partial charge in [0.1, 0.15) is 11.5 Å². The molecule has 3 aromatic carbocycles. The van der Waals surface area contributed by atoms with E-state index in [1.54, 1.807) is 31.4 Å². The summed E-state index contributed by atoms with van der Waals surface area (Å²) in [7, 11) is -0.746. The van der Waals surface area contributed by atoms with Crippen molar-refractivity contribution in [3.8, 4) is 11.5 Å². The van der Waals surface area contributed by atoms with Crippen LogP contribution in [0.25, 0.3) is 0 Å². The standard InChI is InChI=1S/C24H26N2O5S2/c1-16-5-14-23(31-4)22(15-16)26-33(28,29)21-12-6-18(7-13-21)25-24(27)17(2)32-20-10-8-19(30-3)9-11-20/h5-15,17,26H,1-4H3,(H,25,27)/t17-/m0/s1. The van der Waals surface area contributed by atoms with Crippen molar-refractivity contribution in [2.45, 2.75) is 28.9 Å². The molecule has 0 unspecified atom stereocenters. The molecule has 33 heavy (non-hydrogen) atoms. The summed E-state index contributed by atoms with van der Waals surface area (Å²) in [6.45, 7) is 3.67. The van der Waals surface area contributed by atoms with Gasteiger partial charge in [0.05, 0.1) is 30.1 Å². The number of rotatable bonds is 9. The molecule has 0 heterocycles. The molecule has 7 nitrogen and oxygen atoms in total. The van der Waals surface area contributed by atoms with Crippen LogP contribution in [0.3, 0.4) is 0 Å². The molecule has 0 saturated carbocycles. The van der Waals surface area contributed by atoms with E-state index in [9.17, 15) is 13.2 Å². The van der Waals surface area contributed by atoms with Crippen molar-refractivity contribution in [3.63, 3.8) is 0 Å². The molecular formula is C24H26N2O5S2. The van der Waals surface area contributed by atoms with Gasteiger partial charge in [-0.3, -0.25) is 9.52 Å². The van der Waals surface area contributed by atoms with E-state index in [2.05, 4.69) is 10.0 Å². The predicted molar refractivity (Wildman–Crippen MR) is 132 cm³/mol. The number of ether oxygens (including phenoxy) is 2. The second kappa shape index (κ2) is 10.6. The average molecular weight is 487 g/mol. The number of amides is 1. The van der Waals surface area contributed by atoms with E-state index in [0.717, 1.165) is 16.2 Å². The van der Waals surface area contributed by atoms with Gasteiger partial charge < -0.3 is 14.8 Å². The molecule has 0 spiro atoms. The number of hydrogen-bond acceptors (Lipinski definition) is 6. The van der Waals surface area contributed by atoms with Crippen LogP contribution in [0, 0.1) is 6.92 Å². The number of nitrogens with one attached hydrogen (secondary N) is 2. The number of anilines is 2. The Hall–Kier alpha value is -3.17. The maximum atomic E-state index is 12.8. The lowest BCUT2D eigenvalue weighted by atomic mass is 10.2. The fourth-order valence-corrected chi connectivity index (χ4v) is 4.91. The van der Waals surface area contributed by atoms with Crippen LogP contribution in [0.15, 0.2) is 76.5 Å². The third kappa shape index (κ3) is 6.43. The molecule has 0 aromatic heterocycles. The van der Waals surface area contributed by atoms with E-state index in [1.165, 1.54) is 31.0 Å². The minimum atomic E-state index is -3.83. The molecule has 3 aromatic rings. The molecule has 0 aliphatic carbocycles. The first kappa shape index (κ1) is 24.5. The van der Waals surface area contributed by atoms with Gasteiger partial charge in [-0.1, -0.05) is 6.07 Å². The smallest absolute Gasteiger partial charge is 0.262 e. The Kier molecular flexibility index (Phi) is 7.88. The molecule has 0 aliphatic rings. The molecule has 2 N–H and O–H groups in total. The van der Waals surface area contributed by atoms with Crippen molar-refractivity contribution in [2.75, 3.05) is 24.3 Å². The van der Waals surface area contributed by atoms with E-state index in [-0.39, 0.29) is 16.1 Å². The Morgan fingerprint density at radius 2 is 1.61 bits per heavy atom. The second-order valence-electron chi connectivity index (χ2n) is 7.26. The van der Waals surface area contributed by atoms with Gasteiger partial charge in [0.25, 0.3) is 10.0 Å². The number of hydrogen-bond donors (Lipinski definition) is 2. The highest BCUT2D eigenvalue weighted by atomic mass is 32.2. The van der Waals surface area contributed by atoms with Crippen LogP contribution in [0.2, 0.25) is 0 Å². The lowest BCUT2D eigenvalue weighted by molar-refractivity contribution is -0.115. The molecule has 0 radical (unpaired) electrons. The average Bonchev–Trinajstić information content (AvgIpc) is 2.80. The number of sulfonamides is 1. The van der Waals surface area contributed by atoms with Crippen LogP contribution >= 0.6 is 11.8 Å². The van der Waals surface area contributed by atoms with Crippen LogP contribution in [-0.4, -0.2) is 33.8 Å². The van der Waals surface area contributed by atoms with Gasteiger partial charge in [0.2, 0.25) is 5.91 Å². The maximum absolute atomic E-state index is 12.8. The number of benzene rings is 3. The highest BCUT2D eigenvalue weighted by Crippen LogP contribution is 2.29. The number of aryl methyl sites for hydroxylation is 1. The Bertz CT molecular complexity index is 1210. The van der Waals surface area contributed by atoms with Gasteiger partial charge in [0, 0.05) is 10.6 Å². The number of methoxy groups -OCH3 is 2. The molecule has 3 rings (SSSR count). The number of thioether (sulfide) groups is 1. The molecular weight excluding hydrogens is 460 g/mol. The monoisotopic (exact) mass is 486 g/mol. The van der Waals surface area contributed by atoms with Crippen molar-refractivity contribution in [1.29, 1.82) is 0 Å². The first-order valence-electron chi connectivity index (χ1n) is 10.1. The molecule has 0 aliphatic heterocycles. The van der Waals surface area contributed by atoms with Crippen LogP contribution in [0.5, 0.6) is 11.5 Å². The number of carbonyl (C=O) groups is 1. The Balaban J connectivity index is 1.65. The lowest BCUT2D eigenvalue weighted by Gasteiger charge is -2.14. The van der Waals surface area contributed by atoms with E-state index in [1.807, 2.05) is 44.2 Å². The molecule has 174 valence electrons. The van der Waals surface area contributed by atoms with E-state index in [0.29, 0.717) is 17.1 Å². The fraction of sp³-hybridized carbons (Fsp3) is 0.208. The fourth-order valence-electron chi connectivity index (χ4n) is 2.98. The minimum Gasteiger partial charge on any atom is -0.497 e. The highest BCUT2D eigenvalue weighted by molar-refractivity contribution is 8.00. The van der Waals surface area contributed by atoms with Gasteiger partial charge in [-0.05, 0) is 80.1 Å². The zero-order valence-corrected chi connectivity index (χ0v) is 20.4. The summed E-state index contributed by atoms with van der Waals surface area (Å²) in [6.07, 6.45) is 0. The summed E-state index contributed by atoms with van der Waals surface area (Å²) < 4.78 is 38.5. The molecule has 0 fully saturated rings. The van der Waals surface area contributed by atoms with Gasteiger partial charge in [-0.2, -0.15) is 0 Å². The van der Waals surface area contributed by atoms with E-state index < -0.39 is 10.0 Å². The third-order valence-electron chi connectivity index (χ3n) is 4.77. The number of carbonyl (C=O) groups excluding carboxylic acids is 1. The molecule has 1 amide bonds. The Morgan fingerprint density at radius 1 is 0.939 bits per heavy atom. The van der Waals surface area contributed by atoms with Crippen molar-refractivity contribution >= 4 is 39.1 Å². The zero-order valence-electron chi connectivity index (χ0n) is 18.8. The normalized spacial score (nSPS) is 12.0. The highest BCUT2D eigenvalue weighted by Gasteiger charge is 2.18. The minimum absolute atomic E-state index is 0.0738. The van der Waals surface area contributed by atoms with E-state index >= 15 is 0 Å². The molecule has 9 heteroatoms. The summed E-state index contributed by atoms with van der Waals surface area (Å²) in [6, 6.07) is 18.7. The van der Waals surface area contributed by atoms with Crippen LogP contribution in [0.1, 0.15) is 12.5 Å². The summed E-state index contributed by atoms with van der Waals surface area (Å²) in [5.41, 5.74) is 1.77. The van der Waals surface area contributed by atoms with Crippen molar-refractivity contribution < 1.29 is 22.7 Å². The first-order chi connectivity index (χ1) is 15.7. The first-order valence-corrected chi connectivity index (χ1v) is 12.5. The predicted octanol–water partition coefficient (Wildman–Crippen LogP) is 4.93. The Morgan fingerprint density at radius 3 is 2.21 bits per heavy atom. The van der Waals surface area contributed by atoms with Crippen molar-refractivity contribution in [2.24, 2.45) is 0 Å². The molecule has 0 saturated heterocycles. The third-order valence-corrected chi connectivity index (χ3v) is 7.27. The van der Waals surface area contributed by atoms with Gasteiger partial charge >= 0.3 is 0 Å². The summed E-state index contributed by atoms with van der Waals surface area (Å²) in [4.78, 5) is 13.6. The van der Waals surface area contributed by atoms with Gasteiger partial charge in [-0.15, -0.1) is 11.8 Å². The van der Waals surface area contributed by atoms with Crippen LogP contribution in [0.4, 0.5) is 11.4 Å². The summed E-state index contributed by atoms with van der Waals surface area (Å²) in [5.74, 6) is 0.993. The summed E-state index contributed by atoms with van der Waals surface area (Å²) in [5, 5.41) is 2.47. The van der Waals surface area contributed by atoms with Crippen LogP contribution < -0.4 is 19.5 Å². The topological polar surface area (TPSA) is 93.7 Å². The second-order valence-corrected chi connectivity index (χ2v) is 10.4. The SMILES string of the molecule is COc1ccc(S[C@@H](C)C(=O)Nc2ccc(S(=O)(=O)Nc3cc(C)ccc3OC)cc2)cc1. The molecule has 0 bridgehead atoms. The maximum Gasteiger partial charge on any atom is 0.262 e. The van der Waals surface area contributed by atoms with Crippen molar-refractivity contribution in [1.82, 2.24) is 0 Å². The van der Waals surface area contributed by atoms with Crippen LogP contribution in [-0.2, 0) is 14.8 Å². The largest absolute Gasteiger partial charge is 0.497 e. The summed E-state index contributed by atoms with van der Waals surface area (Å²) >= 11 is 1.42. The van der Waals surface area contributed by atoms with Gasteiger partial charge in [-0.25, -0.2) is 8.42 Å². The molecule has 1 atom stereocenters. The zero-order chi connectivity index (χ0) is 24.0. The van der Waals surface area contributed by atoms with E-state index in [4.69, 9.17) is 9.47 Å². The lowest BCUT2D eigenvalue weighted by Crippen LogP contribution is -2.22. The quantitative estimate of drug-likeness (QED) is 0.417. The van der Waals surface area contributed by atoms with Gasteiger partial charge in [0.15, 0.2) is 0 Å². The Labute approximate surface area is 198 Å². The van der Waals surface area contributed by atoms with Crippen molar-refractivity contribution in [3.05, 3.63) is 72.3 Å².